The molecular weight excluding hydrogens is 178 g/mol. The summed E-state index contributed by atoms with van der Waals surface area (Å²) in [6.45, 7) is 1.92. The van der Waals surface area contributed by atoms with Crippen molar-refractivity contribution in [3.63, 3.8) is 0 Å². The van der Waals surface area contributed by atoms with E-state index in [0.29, 0.717) is 12.3 Å². The fourth-order valence-electron chi connectivity index (χ4n) is 1.40. The van der Waals surface area contributed by atoms with E-state index in [-0.39, 0.29) is 5.91 Å². The van der Waals surface area contributed by atoms with Gasteiger partial charge in [-0.2, -0.15) is 0 Å². The Kier molecular flexibility index (Phi) is 2.74. The molecule has 2 N–H and O–H groups in total. The fraction of sp³-hybridized carbons (Fsp3) is 0.400. The highest BCUT2D eigenvalue weighted by Gasteiger charge is 2.19. The molecule has 1 amide bonds. The average molecular weight is 191 g/mol. The van der Waals surface area contributed by atoms with Crippen LogP contribution in [0.2, 0.25) is 0 Å². The molecule has 1 aromatic rings. The van der Waals surface area contributed by atoms with Gasteiger partial charge in [-0.25, -0.2) is 0 Å². The smallest absolute Gasteiger partial charge is 0.224 e. The average Bonchev–Trinajstić information content (AvgIpc) is 2.13. The zero-order chi connectivity index (χ0) is 9.80. The highest BCUT2D eigenvalue weighted by atomic mass is 16.1. The quantitative estimate of drug-likeness (QED) is 0.736. The van der Waals surface area contributed by atoms with Crippen LogP contribution in [-0.4, -0.2) is 24.0 Å². The van der Waals surface area contributed by atoms with Crippen molar-refractivity contribution in [3.05, 3.63) is 24.5 Å². The van der Waals surface area contributed by atoms with Gasteiger partial charge in [0.15, 0.2) is 0 Å². The van der Waals surface area contributed by atoms with Crippen molar-refractivity contribution in [2.24, 2.45) is 5.92 Å². The summed E-state index contributed by atoms with van der Waals surface area (Å²) in [6, 6.07) is 3.58. The topological polar surface area (TPSA) is 54.0 Å². The van der Waals surface area contributed by atoms with Gasteiger partial charge in [-0.15, -0.1) is 0 Å². The predicted molar refractivity (Wildman–Crippen MR) is 53.8 cm³/mol. The molecule has 0 atom stereocenters. The van der Waals surface area contributed by atoms with Gasteiger partial charge in [-0.3, -0.25) is 9.78 Å². The Bertz CT molecular complexity index is 308. The van der Waals surface area contributed by atoms with Crippen LogP contribution in [0.3, 0.4) is 0 Å². The molecule has 0 bridgehead atoms. The number of pyridine rings is 1. The number of amides is 1. The maximum atomic E-state index is 11.5. The number of aromatic nitrogens is 1. The van der Waals surface area contributed by atoms with Crippen LogP contribution < -0.4 is 10.6 Å². The van der Waals surface area contributed by atoms with E-state index in [1.807, 2.05) is 0 Å². The molecule has 0 saturated carbocycles. The van der Waals surface area contributed by atoms with Gasteiger partial charge in [0.05, 0.1) is 0 Å². The molecule has 1 aliphatic rings. The summed E-state index contributed by atoms with van der Waals surface area (Å²) in [5.74, 6) is 0.597. The van der Waals surface area contributed by atoms with Crippen molar-refractivity contribution < 1.29 is 4.79 Å². The molecule has 1 saturated heterocycles. The van der Waals surface area contributed by atoms with Gasteiger partial charge < -0.3 is 10.6 Å². The number of carbonyl (C=O) groups excluding carboxylic acids is 1. The zero-order valence-corrected chi connectivity index (χ0v) is 7.86. The normalized spacial score (nSPS) is 16.0. The van der Waals surface area contributed by atoms with E-state index in [1.54, 1.807) is 24.5 Å². The zero-order valence-electron chi connectivity index (χ0n) is 7.86. The van der Waals surface area contributed by atoms with E-state index in [0.717, 1.165) is 18.8 Å². The van der Waals surface area contributed by atoms with Gasteiger partial charge in [-0.05, 0) is 31.1 Å². The summed E-state index contributed by atoms with van der Waals surface area (Å²) in [5.41, 5.74) is 0.817. The lowest BCUT2D eigenvalue weighted by atomic mass is 9.99. The molecule has 1 fully saturated rings. The molecule has 0 unspecified atom stereocenters. The number of hydrogen-bond acceptors (Lipinski definition) is 3. The molecular formula is C10H13N3O. The second-order valence-electron chi connectivity index (χ2n) is 3.51. The molecule has 74 valence electrons. The van der Waals surface area contributed by atoms with E-state index < -0.39 is 0 Å². The SMILES string of the molecule is O=C(CC1CNC1)Nc1ccncc1. The van der Waals surface area contributed by atoms with Crippen LogP contribution in [0.5, 0.6) is 0 Å². The number of nitrogens with one attached hydrogen (secondary N) is 2. The van der Waals surface area contributed by atoms with Crippen molar-refractivity contribution in [2.45, 2.75) is 6.42 Å². The monoisotopic (exact) mass is 191 g/mol. The number of rotatable bonds is 3. The molecule has 1 aliphatic heterocycles. The molecule has 2 rings (SSSR count). The summed E-state index contributed by atoms with van der Waals surface area (Å²) in [5, 5.41) is 5.97. The minimum absolute atomic E-state index is 0.0858. The maximum absolute atomic E-state index is 11.5. The van der Waals surface area contributed by atoms with Crippen molar-refractivity contribution in [1.29, 1.82) is 0 Å². The molecule has 4 nitrogen and oxygen atoms in total. The minimum atomic E-state index is 0.0858. The van der Waals surface area contributed by atoms with Crippen LogP contribution in [0.25, 0.3) is 0 Å². The Balaban J connectivity index is 1.82. The lowest BCUT2D eigenvalue weighted by molar-refractivity contribution is -0.117. The van der Waals surface area contributed by atoms with E-state index in [2.05, 4.69) is 15.6 Å². The van der Waals surface area contributed by atoms with Gasteiger partial charge in [0.25, 0.3) is 0 Å². The molecule has 14 heavy (non-hydrogen) atoms. The van der Waals surface area contributed by atoms with Gasteiger partial charge in [0.1, 0.15) is 0 Å². The number of nitrogens with zero attached hydrogens (tertiary/aromatic N) is 1. The maximum Gasteiger partial charge on any atom is 0.224 e. The Morgan fingerprint density at radius 1 is 1.50 bits per heavy atom. The predicted octanol–water partition coefficient (Wildman–Crippen LogP) is 0.630. The summed E-state index contributed by atoms with van der Waals surface area (Å²) in [6.07, 6.45) is 3.94. The third kappa shape index (κ3) is 2.29. The van der Waals surface area contributed by atoms with Gasteiger partial charge >= 0.3 is 0 Å². The van der Waals surface area contributed by atoms with E-state index in [9.17, 15) is 4.79 Å². The van der Waals surface area contributed by atoms with Crippen molar-refractivity contribution >= 4 is 11.6 Å². The number of carbonyl (C=O) groups is 1. The Morgan fingerprint density at radius 2 is 2.21 bits per heavy atom. The summed E-state index contributed by atoms with van der Waals surface area (Å²) >= 11 is 0. The second-order valence-corrected chi connectivity index (χ2v) is 3.51. The Labute approximate surface area is 82.7 Å². The Morgan fingerprint density at radius 3 is 2.79 bits per heavy atom. The number of hydrogen-bond donors (Lipinski definition) is 2. The van der Waals surface area contributed by atoms with Crippen molar-refractivity contribution in [1.82, 2.24) is 10.3 Å². The van der Waals surface area contributed by atoms with Gasteiger partial charge in [-0.1, -0.05) is 0 Å². The highest BCUT2D eigenvalue weighted by Crippen LogP contribution is 2.10. The van der Waals surface area contributed by atoms with Crippen LogP contribution in [0, 0.1) is 5.92 Å². The molecule has 4 heteroatoms. The van der Waals surface area contributed by atoms with Gasteiger partial charge in [0.2, 0.25) is 5.91 Å². The van der Waals surface area contributed by atoms with Crippen LogP contribution in [0.4, 0.5) is 5.69 Å². The molecule has 0 spiro atoms. The van der Waals surface area contributed by atoms with E-state index >= 15 is 0 Å². The van der Waals surface area contributed by atoms with Gasteiger partial charge in [0, 0.05) is 24.5 Å². The molecule has 1 aromatic heterocycles. The largest absolute Gasteiger partial charge is 0.326 e. The van der Waals surface area contributed by atoms with Crippen LogP contribution in [-0.2, 0) is 4.79 Å². The summed E-state index contributed by atoms with van der Waals surface area (Å²) in [7, 11) is 0. The van der Waals surface area contributed by atoms with Crippen LogP contribution in [0.15, 0.2) is 24.5 Å². The lowest BCUT2D eigenvalue weighted by Gasteiger charge is -2.26. The summed E-state index contributed by atoms with van der Waals surface area (Å²) < 4.78 is 0. The molecule has 0 radical (unpaired) electrons. The highest BCUT2D eigenvalue weighted by molar-refractivity contribution is 5.90. The third-order valence-corrected chi connectivity index (χ3v) is 2.30. The Hall–Kier alpha value is -1.42. The standard InChI is InChI=1S/C10H13N3O/c14-10(5-8-6-12-7-8)13-9-1-3-11-4-2-9/h1-4,8,12H,5-7H2,(H,11,13,14). The van der Waals surface area contributed by atoms with E-state index in [1.165, 1.54) is 0 Å². The van der Waals surface area contributed by atoms with Crippen molar-refractivity contribution in [2.75, 3.05) is 18.4 Å². The first-order valence-electron chi connectivity index (χ1n) is 4.75. The lowest BCUT2D eigenvalue weighted by Crippen LogP contribution is -2.43. The first kappa shape index (κ1) is 9.15. The third-order valence-electron chi connectivity index (χ3n) is 2.30. The minimum Gasteiger partial charge on any atom is -0.326 e. The second kappa shape index (κ2) is 4.19. The summed E-state index contributed by atoms with van der Waals surface area (Å²) in [4.78, 5) is 15.3. The molecule has 0 aliphatic carbocycles. The fourth-order valence-corrected chi connectivity index (χ4v) is 1.40. The van der Waals surface area contributed by atoms with Crippen molar-refractivity contribution in [3.8, 4) is 0 Å². The first-order chi connectivity index (χ1) is 6.84. The number of anilines is 1. The first-order valence-corrected chi connectivity index (χ1v) is 4.75. The molecule has 0 aromatic carbocycles. The van der Waals surface area contributed by atoms with E-state index in [4.69, 9.17) is 0 Å². The molecule has 2 heterocycles. The van der Waals surface area contributed by atoms with Crippen LogP contribution in [0.1, 0.15) is 6.42 Å². The van der Waals surface area contributed by atoms with Crippen LogP contribution >= 0.6 is 0 Å².